The van der Waals surface area contributed by atoms with Gasteiger partial charge in [0.2, 0.25) is 0 Å². The molecule has 0 unspecified atom stereocenters. The van der Waals surface area contributed by atoms with Gasteiger partial charge in [0.1, 0.15) is 33.8 Å². The van der Waals surface area contributed by atoms with Crippen molar-refractivity contribution < 1.29 is 33.3 Å². The molecule has 2 N–H and O–H groups in total. The Labute approximate surface area is 277 Å². The fourth-order valence-corrected chi connectivity index (χ4v) is 6.54. The van der Waals surface area contributed by atoms with Crippen molar-refractivity contribution in [2.24, 2.45) is 17.6 Å². The van der Waals surface area contributed by atoms with Crippen molar-refractivity contribution in [1.29, 1.82) is 0 Å². The lowest BCUT2D eigenvalue weighted by Gasteiger charge is -2.31. The molecule has 1 aliphatic rings. The van der Waals surface area contributed by atoms with Crippen LogP contribution >= 0.6 is 22.9 Å². The number of halogens is 1. The van der Waals surface area contributed by atoms with E-state index >= 15 is 0 Å². The standard InChI is InChI=1S/C33H39ClN4O7S/c1-19(2)16-44-33(40)37-11-9-21(10-12-37)17-43-25-8-6-7-22(30(25)34)20(3)45-28-15-29(46-31(28)32(35)39)38-18-36-23-13-26(41-4)27(42-5)14-24(23)38/h6-8,13-15,18-21H,9-12,16-17H2,1-5H3,(H2,35,39)/t20-/m1/s1. The molecule has 4 aromatic rings. The summed E-state index contributed by atoms with van der Waals surface area (Å²) >= 11 is 8.02. The Morgan fingerprint density at radius 1 is 1.04 bits per heavy atom. The molecule has 13 heteroatoms. The van der Waals surface area contributed by atoms with Crippen LogP contribution in [0.2, 0.25) is 5.02 Å². The number of nitrogens with two attached hydrogens (primary N) is 1. The second-order valence-electron chi connectivity index (χ2n) is 11.6. The van der Waals surface area contributed by atoms with Crippen molar-refractivity contribution >= 4 is 46.0 Å². The number of fused-ring (bicyclic) bond motifs is 1. The number of methoxy groups -OCH3 is 2. The van der Waals surface area contributed by atoms with E-state index in [0.717, 1.165) is 18.4 Å². The van der Waals surface area contributed by atoms with E-state index in [4.69, 9.17) is 41.0 Å². The molecule has 11 nitrogen and oxygen atoms in total. The largest absolute Gasteiger partial charge is 0.493 e. The summed E-state index contributed by atoms with van der Waals surface area (Å²) in [5.74, 6) is 1.98. The average molecular weight is 671 g/mol. The van der Waals surface area contributed by atoms with E-state index in [0.29, 0.717) is 76.3 Å². The van der Waals surface area contributed by atoms with Crippen LogP contribution in [0.15, 0.2) is 42.7 Å². The van der Waals surface area contributed by atoms with Crippen LogP contribution in [0.4, 0.5) is 4.79 Å². The number of likely N-dealkylation sites (tertiary alicyclic amines) is 1. The fraction of sp³-hybridized carbons (Fsp3) is 0.424. The highest BCUT2D eigenvalue weighted by Gasteiger charge is 2.26. The second-order valence-corrected chi connectivity index (χ2v) is 13.0. The third-order valence-corrected chi connectivity index (χ3v) is 9.36. The number of primary amides is 1. The number of carbonyl (C=O) groups is 2. The van der Waals surface area contributed by atoms with Gasteiger partial charge in [0.25, 0.3) is 5.91 Å². The number of benzene rings is 2. The number of aromatic nitrogens is 2. The summed E-state index contributed by atoms with van der Waals surface area (Å²) in [6.45, 7) is 8.04. The van der Waals surface area contributed by atoms with Crippen molar-refractivity contribution in [3.63, 3.8) is 0 Å². The van der Waals surface area contributed by atoms with Crippen LogP contribution < -0.4 is 24.7 Å². The van der Waals surface area contributed by atoms with Gasteiger partial charge in [-0.2, -0.15) is 0 Å². The number of nitrogens with zero attached hydrogens (tertiary/aromatic N) is 3. The molecule has 1 atom stereocenters. The molecule has 0 aliphatic carbocycles. The molecule has 246 valence electrons. The van der Waals surface area contributed by atoms with Crippen LogP contribution in [-0.2, 0) is 4.74 Å². The maximum absolute atomic E-state index is 12.5. The van der Waals surface area contributed by atoms with Gasteiger partial charge in [0.15, 0.2) is 11.5 Å². The molecular weight excluding hydrogens is 632 g/mol. The van der Waals surface area contributed by atoms with Gasteiger partial charge < -0.3 is 34.3 Å². The highest BCUT2D eigenvalue weighted by molar-refractivity contribution is 7.16. The van der Waals surface area contributed by atoms with Gasteiger partial charge in [0.05, 0.1) is 43.5 Å². The molecule has 1 saturated heterocycles. The molecule has 5 rings (SSSR count). The van der Waals surface area contributed by atoms with Crippen LogP contribution in [-0.4, -0.2) is 67.0 Å². The van der Waals surface area contributed by atoms with E-state index in [1.54, 1.807) is 37.6 Å². The minimum absolute atomic E-state index is 0.255. The summed E-state index contributed by atoms with van der Waals surface area (Å²) in [6.07, 6.45) is 2.51. The summed E-state index contributed by atoms with van der Waals surface area (Å²) < 4.78 is 30.5. The van der Waals surface area contributed by atoms with E-state index in [1.807, 2.05) is 49.6 Å². The highest BCUT2D eigenvalue weighted by Crippen LogP contribution is 2.40. The first-order valence-corrected chi connectivity index (χ1v) is 16.3. The number of amides is 2. The lowest BCUT2D eigenvalue weighted by atomic mass is 9.98. The van der Waals surface area contributed by atoms with Gasteiger partial charge in [-0.25, -0.2) is 9.78 Å². The molecule has 46 heavy (non-hydrogen) atoms. The van der Waals surface area contributed by atoms with Crippen LogP contribution in [0.1, 0.15) is 55.0 Å². The van der Waals surface area contributed by atoms with Crippen LogP contribution in [0.3, 0.4) is 0 Å². The van der Waals surface area contributed by atoms with Crippen molar-refractivity contribution in [1.82, 2.24) is 14.5 Å². The monoisotopic (exact) mass is 670 g/mol. The first-order chi connectivity index (χ1) is 22.1. The highest BCUT2D eigenvalue weighted by atomic mass is 35.5. The molecule has 1 aliphatic heterocycles. The number of rotatable bonds is 12. The van der Waals surface area contributed by atoms with Crippen molar-refractivity contribution in [2.45, 2.75) is 39.7 Å². The Balaban J connectivity index is 1.27. The molecule has 2 aromatic carbocycles. The molecule has 0 radical (unpaired) electrons. The molecule has 3 heterocycles. The average Bonchev–Trinajstić information content (AvgIpc) is 3.66. The Kier molecular flexibility index (Phi) is 10.5. The molecule has 1 fully saturated rings. The predicted molar refractivity (Wildman–Crippen MR) is 177 cm³/mol. The van der Waals surface area contributed by atoms with Crippen LogP contribution in [0, 0.1) is 11.8 Å². The Hall–Kier alpha value is -4.16. The maximum atomic E-state index is 12.5. The molecule has 0 bridgehead atoms. The summed E-state index contributed by atoms with van der Waals surface area (Å²) in [5, 5.41) is 1.12. The number of imidazole rings is 1. The van der Waals surface area contributed by atoms with Gasteiger partial charge in [-0.05, 0) is 37.7 Å². The second kappa shape index (κ2) is 14.5. The Morgan fingerprint density at radius 2 is 1.76 bits per heavy atom. The van der Waals surface area contributed by atoms with E-state index < -0.39 is 12.0 Å². The number of hydrogen-bond donors (Lipinski definition) is 1. The maximum Gasteiger partial charge on any atom is 0.409 e. The first kappa shape index (κ1) is 33.2. The van der Waals surface area contributed by atoms with Gasteiger partial charge in [-0.1, -0.05) is 37.6 Å². The summed E-state index contributed by atoms with van der Waals surface area (Å²) in [6, 6.07) is 10.9. The van der Waals surface area contributed by atoms with Gasteiger partial charge >= 0.3 is 6.09 Å². The zero-order valence-corrected chi connectivity index (χ0v) is 28.2. The summed E-state index contributed by atoms with van der Waals surface area (Å²) in [5.41, 5.74) is 7.93. The van der Waals surface area contributed by atoms with Gasteiger partial charge in [0, 0.05) is 36.9 Å². The van der Waals surface area contributed by atoms with Crippen LogP contribution in [0.25, 0.3) is 16.0 Å². The van der Waals surface area contributed by atoms with Crippen molar-refractivity contribution in [3.8, 4) is 28.0 Å². The minimum Gasteiger partial charge on any atom is -0.493 e. The van der Waals surface area contributed by atoms with Gasteiger partial charge in [-0.3, -0.25) is 9.36 Å². The zero-order valence-electron chi connectivity index (χ0n) is 26.6. The van der Waals surface area contributed by atoms with Crippen LogP contribution in [0.5, 0.6) is 23.0 Å². The summed E-state index contributed by atoms with van der Waals surface area (Å²) in [7, 11) is 3.13. The molecule has 2 amide bonds. The first-order valence-electron chi connectivity index (χ1n) is 15.1. The summed E-state index contributed by atoms with van der Waals surface area (Å²) in [4.78, 5) is 31.3. The third-order valence-electron chi connectivity index (χ3n) is 7.82. The Bertz CT molecular complexity index is 1700. The van der Waals surface area contributed by atoms with Crippen molar-refractivity contribution in [2.75, 3.05) is 40.5 Å². The molecule has 0 spiro atoms. The van der Waals surface area contributed by atoms with Crippen molar-refractivity contribution in [3.05, 3.63) is 58.2 Å². The number of hydrogen-bond acceptors (Lipinski definition) is 9. The normalized spacial score (nSPS) is 14.4. The smallest absolute Gasteiger partial charge is 0.409 e. The fourth-order valence-electron chi connectivity index (χ4n) is 5.28. The van der Waals surface area contributed by atoms with E-state index in [2.05, 4.69) is 4.98 Å². The Morgan fingerprint density at radius 3 is 2.43 bits per heavy atom. The SMILES string of the molecule is COc1cc2ncn(-c3cc(O[C@H](C)c4cccc(OCC5CCN(C(=O)OCC(C)C)CC5)c4Cl)c(C(N)=O)s3)c2cc1OC. The lowest BCUT2D eigenvalue weighted by Crippen LogP contribution is -2.40. The predicted octanol–water partition coefficient (Wildman–Crippen LogP) is 6.88. The van der Waals surface area contributed by atoms with Gasteiger partial charge in [-0.15, -0.1) is 11.3 Å². The number of carbonyl (C=O) groups excluding carboxylic acids is 2. The third kappa shape index (κ3) is 7.28. The quantitative estimate of drug-likeness (QED) is 0.173. The number of ether oxygens (including phenoxy) is 5. The van der Waals surface area contributed by atoms with E-state index in [-0.39, 0.29) is 16.9 Å². The lowest BCUT2D eigenvalue weighted by molar-refractivity contribution is 0.0733. The molecular formula is C33H39ClN4O7S. The molecule has 2 aromatic heterocycles. The minimum atomic E-state index is -0.607. The van der Waals surface area contributed by atoms with E-state index in [1.165, 1.54) is 11.3 Å². The topological polar surface area (TPSA) is 127 Å². The zero-order chi connectivity index (χ0) is 33.0. The van der Waals surface area contributed by atoms with E-state index in [9.17, 15) is 9.59 Å². The molecule has 0 saturated carbocycles. The number of thiophene rings is 1. The number of piperidine rings is 1.